The average molecular weight is 783 g/mol. The molecule has 0 atom stereocenters. The minimum absolute atomic E-state index is 0. The first-order valence-corrected chi connectivity index (χ1v) is 23.7. The first-order valence-electron chi connectivity index (χ1n) is 17.5. The molecule has 0 heterocycles. The average Bonchev–Trinajstić information content (AvgIpc) is 3.80. The maximum absolute atomic E-state index is 2.46. The number of hydrogen-bond acceptors (Lipinski definition) is 0. The fourth-order valence-corrected chi connectivity index (χ4v) is 6.84. The van der Waals surface area contributed by atoms with Gasteiger partial charge in [0.05, 0.1) is 0 Å². The molecular formula is C45H52Cl2SiZr-2. The van der Waals surface area contributed by atoms with Crippen molar-refractivity contribution in [2.75, 3.05) is 0 Å². The Bertz CT molecular complexity index is 1930. The molecule has 0 amide bonds. The third-order valence-electron chi connectivity index (χ3n) is 9.44. The summed E-state index contributed by atoms with van der Waals surface area (Å²) in [5.41, 5.74) is 11.4. The molecule has 0 bridgehead atoms. The predicted octanol–water partition coefficient (Wildman–Crippen LogP) is 7.63. The van der Waals surface area contributed by atoms with Crippen molar-refractivity contribution in [3.05, 3.63) is 131 Å². The van der Waals surface area contributed by atoms with E-state index in [0.717, 1.165) is 5.92 Å². The Morgan fingerprint density at radius 3 is 1.65 bits per heavy atom. The Hall–Kier alpha value is -2.22. The van der Waals surface area contributed by atoms with Gasteiger partial charge < -0.3 is 24.8 Å². The molecule has 0 spiro atoms. The molecule has 0 saturated heterocycles. The van der Waals surface area contributed by atoms with E-state index in [9.17, 15) is 0 Å². The van der Waals surface area contributed by atoms with Crippen molar-refractivity contribution in [2.45, 2.75) is 97.6 Å². The summed E-state index contributed by atoms with van der Waals surface area (Å²) in [5, 5.41) is 5.51. The van der Waals surface area contributed by atoms with Gasteiger partial charge in [-0.1, -0.05) is 126 Å². The van der Waals surface area contributed by atoms with Crippen molar-refractivity contribution >= 4 is 27.0 Å². The summed E-state index contributed by atoms with van der Waals surface area (Å²) in [7, 11) is 0. The third kappa shape index (κ3) is 10.6. The zero-order chi connectivity index (χ0) is 33.7. The molecule has 1 fully saturated rings. The maximum Gasteiger partial charge on any atom is -0.0132 e. The molecule has 49 heavy (non-hydrogen) atoms. The summed E-state index contributed by atoms with van der Waals surface area (Å²) < 4.78 is 0. The molecule has 0 radical (unpaired) electrons. The van der Waals surface area contributed by atoms with Gasteiger partial charge in [0.2, 0.25) is 0 Å². The van der Waals surface area contributed by atoms with Gasteiger partial charge in [-0.3, -0.25) is 0 Å². The fraction of sp³-hybridized carbons (Fsp3) is 0.333. The second kappa shape index (κ2) is 18.3. The van der Waals surface area contributed by atoms with Crippen LogP contribution >= 0.6 is 0 Å². The van der Waals surface area contributed by atoms with E-state index in [4.69, 9.17) is 0 Å². The van der Waals surface area contributed by atoms with Gasteiger partial charge in [0.1, 0.15) is 0 Å². The summed E-state index contributed by atoms with van der Waals surface area (Å²) in [5.74, 6) is 1.38. The van der Waals surface area contributed by atoms with Gasteiger partial charge in [0.25, 0.3) is 0 Å². The van der Waals surface area contributed by atoms with Crippen molar-refractivity contribution in [1.29, 1.82) is 0 Å². The second-order valence-electron chi connectivity index (χ2n) is 15.0. The molecule has 1 saturated carbocycles. The van der Waals surface area contributed by atoms with E-state index in [2.05, 4.69) is 164 Å². The zero-order valence-electron chi connectivity index (χ0n) is 30.6. The Morgan fingerprint density at radius 1 is 0.694 bits per heavy atom. The smallest absolute Gasteiger partial charge is 0.0132 e. The Balaban J connectivity index is 0.000000233. The molecule has 256 valence electrons. The van der Waals surface area contributed by atoms with Crippen molar-refractivity contribution < 1.29 is 48.1 Å². The third-order valence-corrected chi connectivity index (χ3v) is 9.44. The number of rotatable bonds is 4. The largest absolute Gasteiger partial charge is 1.00 e. The number of halogens is 2. The molecule has 6 aromatic rings. The number of aryl methyl sites for hydroxylation is 1. The van der Waals surface area contributed by atoms with Crippen LogP contribution in [0.15, 0.2) is 109 Å². The minimum Gasteiger partial charge on any atom is -1.00 e. The van der Waals surface area contributed by atoms with Crippen LogP contribution in [0.2, 0.25) is 13.1 Å². The maximum atomic E-state index is 2.46. The van der Waals surface area contributed by atoms with E-state index in [1.165, 1.54) is 86.2 Å². The molecule has 0 N–H and O–H groups in total. The van der Waals surface area contributed by atoms with Gasteiger partial charge in [-0.05, 0) is 52.3 Å². The van der Waals surface area contributed by atoms with Gasteiger partial charge >= 0.3 is 41.9 Å². The van der Waals surface area contributed by atoms with Crippen molar-refractivity contribution in [1.82, 2.24) is 0 Å². The van der Waals surface area contributed by atoms with E-state index < -0.39 is 0 Å². The van der Waals surface area contributed by atoms with Crippen LogP contribution in [-0.2, 0) is 28.8 Å². The fourth-order valence-electron chi connectivity index (χ4n) is 6.84. The molecule has 0 aromatic heterocycles. The predicted molar refractivity (Wildman–Crippen MR) is 206 cm³/mol. The first kappa shape index (κ1) is 41.2. The summed E-state index contributed by atoms with van der Waals surface area (Å²) in [4.78, 5) is 0. The van der Waals surface area contributed by atoms with E-state index in [0.29, 0.717) is 5.92 Å². The van der Waals surface area contributed by atoms with Gasteiger partial charge in [-0.15, -0.1) is 69.1 Å². The van der Waals surface area contributed by atoms with E-state index in [1.807, 2.05) is 0 Å². The van der Waals surface area contributed by atoms with E-state index in [-0.39, 0.29) is 35.7 Å². The molecule has 7 rings (SSSR count). The number of benzene rings is 4. The quantitative estimate of drug-likeness (QED) is 0.128. The van der Waals surface area contributed by atoms with E-state index in [1.54, 1.807) is 28.9 Å². The van der Waals surface area contributed by atoms with Crippen LogP contribution in [-0.4, -0.2) is 5.43 Å². The van der Waals surface area contributed by atoms with Crippen molar-refractivity contribution in [2.24, 2.45) is 0 Å². The molecule has 0 aliphatic heterocycles. The molecule has 1 aliphatic carbocycles. The standard InChI is InChI=1S/C23H25.C20H21.C2H6Si.2ClH.Zr/c1-16(2)17-10-12-19(13-11-17)22-9-5-8-20-14-21(15-23(20)22)18-6-3-4-7-18;1-14-12-16-6-5-7-18(19(16)13-14)15-8-10-17(11-9-15)20(2,3)4;1-3-2;;;/h5,8-16,18H,3-4,6-7H2,1-2H3;5-13H,1-4H3;1-2H3;2*1H;/q2*-1;;;;+2/p-2. The zero-order valence-corrected chi connectivity index (χ0v) is 35.6. The van der Waals surface area contributed by atoms with Gasteiger partial charge in [0, 0.05) is 0 Å². The van der Waals surface area contributed by atoms with Crippen LogP contribution in [0.5, 0.6) is 0 Å². The monoisotopic (exact) mass is 780 g/mol. The van der Waals surface area contributed by atoms with Gasteiger partial charge in [-0.2, -0.15) is 12.1 Å². The number of fused-ring (bicyclic) bond motifs is 2. The summed E-state index contributed by atoms with van der Waals surface area (Å²) in [6, 6.07) is 40.8. The molecule has 6 aromatic carbocycles. The minimum atomic E-state index is 0. The summed E-state index contributed by atoms with van der Waals surface area (Å²) in [6.07, 6.45) is 5.54. The summed E-state index contributed by atoms with van der Waals surface area (Å²) >= 11 is 1.74. The Kier molecular flexibility index (Phi) is 15.4. The van der Waals surface area contributed by atoms with Gasteiger partial charge in [0.15, 0.2) is 0 Å². The van der Waals surface area contributed by atoms with Crippen LogP contribution in [0, 0.1) is 6.92 Å². The first-order chi connectivity index (χ1) is 22.4. The molecular weight excluding hydrogens is 731 g/mol. The van der Waals surface area contributed by atoms with Crippen LogP contribution in [0.1, 0.15) is 94.4 Å². The molecule has 4 heteroatoms. The van der Waals surface area contributed by atoms with Gasteiger partial charge in [-0.25, -0.2) is 0 Å². The van der Waals surface area contributed by atoms with Crippen LogP contribution in [0.25, 0.3) is 43.8 Å². The molecule has 0 unspecified atom stereocenters. The SMILES string of the molecule is CC(C)c1ccc(-c2cccc3[cH-]c(C4CCCC4)cc23)cc1.C[Si](C)=[Zr+2].Cc1cc2c(-c3ccc(C(C)(C)C)cc3)cccc2[cH-]1.[Cl-].[Cl-]. The van der Waals surface area contributed by atoms with Crippen LogP contribution < -0.4 is 24.8 Å². The van der Waals surface area contributed by atoms with Crippen molar-refractivity contribution in [3.8, 4) is 22.3 Å². The normalized spacial score (nSPS) is 12.9. The topological polar surface area (TPSA) is 0 Å². The number of hydrogen-bond donors (Lipinski definition) is 0. The second-order valence-corrected chi connectivity index (χ2v) is 24.4. The Labute approximate surface area is 324 Å². The van der Waals surface area contributed by atoms with Crippen molar-refractivity contribution in [3.63, 3.8) is 0 Å². The Morgan fingerprint density at radius 2 is 1.16 bits per heavy atom. The van der Waals surface area contributed by atoms with Crippen LogP contribution in [0.3, 0.4) is 0 Å². The van der Waals surface area contributed by atoms with Crippen LogP contribution in [0.4, 0.5) is 0 Å². The van der Waals surface area contributed by atoms with E-state index >= 15 is 0 Å². The molecule has 0 nitrogen and oxygen atoms in total. The molecule has 1 aliphatic rings. The summed E-state index contributed by atoms with van der Waals surface area (Å²) in [6.45, 7) is 18.0.